The fraction of sp³-hybridized carbons (Fsp3) is 0.188. The second-order valence-corrected chi connectivity index (χ2v) is 4.67. The molecule has 0 bridgehead atoms. The van der Waals surface area contributed by atoms with Crippen LogP contribution in [0.15, 0.2) is 42.5 Å². The average Bonchev–Trinajstić information content (AvgIpc) is 2.38. The third-order valence-electron chi connectivity index (χ3n) is 3.02. The van der Waals surface area contributed by atoms with Crippen LogP contribution in [0.3, 0.4) is 0 Å². The highest BCUT2D eigenvalue weighted by atomic mass is 19.1. The summed E-state index contributed by atoms with van der Waals surface area (Å²) in [4.78, 5) is 10.7. The van der Waals surface area contributed by atoms with Crippen molar-refractivity contribution in [3.8, 4) is 0 Å². The minimum atomic E-state index is -1.26. The van der Waals surface area contributed by atoms with Gasteiger partial charge in [-0.2, -0.15) is 0 Å². The first-order chi connectivity index (χ1) is 9.56. The Morgan fingerprint density at radius 3 is 2.70 bits per heavy atom. The van der Waals surface area contributed by atoms with Gasteiger partial charge in [-0.25, -0.2) is 9.18 Å². The van der Waals surface area contributed by atoms with E-state index >= 15 is 0 Å². The zero-order chi connectivity index (χ0) is 14.5. The van der Waals surface area contributed by atoms with E-state index in [0.29, 0.717) is 12.2 Å². The lowest BCUT2D eigenvalue weighted by Gasteiger charge is -2.08. The molecule has 2 aromatic rings. The van der Waals surface area contributed by atoms with Gasteiger partial charge >= 0.3 is 5.97 Å². The monoisotopic (exact) mass is 273 g/mol. The van der Waals surface area contributed by atoms with Crippen molar-refractivity contribution in [3.63, 3.8) is 0 Å². The van der Waals surface area contributed by atoms with Gasteiger partial charge in [0.1, 0.15) is 5.82 Å². The predicted molar refractivity (Wildman–Crippen MR) is 76.7 cm³/mol. The lowest BCUT2D eigenvalue weighted by molar-refractivity contribution is 0.0692. The zero-order valence-corrected chi connectivity index (χ0v) is 11.2. The molecule has 0 aromatic heterocycles. The Morgan fingerprint density at radius 1 is 1.25 bits per heavy atom. The van der Waals surface area contributed by atoms with Gasteiger partial charge in [0.05, 0.1) is 5.56 Å². The van der Waals surface area contributed by atoms with Crippen LogP contribution in [0.25, 0.3) is 0 Å². The number of aromatic carboxylic acids is 1. The molecule has 4 heteroatoms. The van der Waals surface area contributed by atoms with Crippen LogP contribution in [0.2, 0.25) is 0 Å². The summed E-state index contributed by atoms with van der Waals surface area (Å²) in [6.07, 6.45) is 0.823. The van der Waals surface area contributed by atoms with Gasteiger partial charge in [0.25, 0.3) is 0 Å². The van der Waals surface area contributed by atoms with Gasteiger partial charge in [0, 0.05) is 12.2 Å². The van der Waals surface area contributed by atoms with E-state index in [-0.39, 0.29) is 5.56 Å². The van der Waals surface area contributed by atoms with Crippen LogP contribution in [0, 0.1) is 12.7 Å². The molecule has 0 amide bonds. The van der Waals surface area contributed by atoms with Crippen molar-refractivity contribution in [1.82, 2.24) is 0 Å². The van der Waals surface area contributed by atoms with Gasteiger partial charge in [0.15, 0.2) is 0 Å². The number of carboxylic acids is 1. The molecule has 2 rings (SSSR count). The third kappa shape index (κ3) is 3.57. The second-order valence-electron chi connectivity index (χ2n) is 4.67. The Labute approximate surface area is 117 Å². The van der Waals surface area contributed by atoms with Gasteiger partial charge in [0.2, 0.25) is 0 Å². The first-order valence-corrected chi connectivity index (χ1v) is 6.38. The number of hydrogen-bond acceptors (Lipinski definition) is 2. The minimum absolute atomic E-state index is 0.311. The third-order valence-corrected chi connectivity index (χ3v) is 3.02. The molecule has 20 heavy (non-hydrogen) atoms. The largest absolute Gasteiger partial charge is 0.478 e. The van der Waals surface area contributed by atoms with Gasteiger partial charge in [-0.1, -0.05) is 29.8 Å². The van der Waals surface area contributed by atoms with E-state index in [1.807, 2.05) is 25.1 Å². The van der Waals surface area contributed by atoms with Crippen LogP contribution in [0.1, 0.15) is 21.5 Å². The maximum absolute atomic E-state index is 13.5. The molecule has 0 aliphatic rings. The predicted octanol–water partition coefficient (Wildman–Crippen LogP) is 3.49. The Morgan fingerprint density at radius 2 is 2.05 bits per heavy atom. The van der Waals surface area contributed by atoms with Gasteiger partial charge in [-0.3, -0.25) is 0 Å². The number of rotatable bonds is 5. The normalized spacial score (nSPS) is 10.3. The van der Waals surface area contributed by atoms with Crippen molar-refractivity contribution in [2.24, 2.45) is 0 Å². The number of benzene rings is 2. The maximum Gasteiger partial charge on any atom is 0.338 e. The van der Waals surface area contributed by atoms with E-state index in [0.717, 1.165) is 6.42 Å². The van der Waals surface area contributed by atoms with E-state index < -0.39 is 11.8 Å². The number of halogens is 1. The Bertz CT molecular complexity index is 626. The maximum atomic E-state index is 13.5. The van der Waals surface area contributed by atoms with Crippen molar-refractivity contribution in [3.05, 3.63) is 65.0 Å². The van der Waals surface area contributed by atoms with E-state index in [1.54, 1.807) is 6.07 Å². The molecule has 0 unspecified atom stereocenters. The number of aryl methyl sites for hydroxylation is 1. The molecule has 0 saturated carbocycles. The summed E-state index contributed by atoms with van der Waals surface area (Å²) >= 11 is 0. The molecule has 0 heterocycles. The number of carbonyl (C=O) groups is 1. The lowest BCUT2D eigenvalue weighted by Crippen LogP contribution is -2.07. The Kier molecular flexibility index (Phi) is 4.35. The molecular formula is C16H16FNO2. The SMILES string of the molecule is Cc1cccc(CCNc2ccc(C(=O)O)c(F)c2)c1. The molecule has 0 spiro atoms. The summed E-state index contributed by atoms with van der Waals surface area (Å²) in [5.41, 5.74) is 2.69. The molecule has 0 atom stereocenters. The molecule has 0 fully saturated rings. The average molecular weight is 273 g/mol. The van der Waals surface area contributed by atoms with Gasteiger partial charge in [-0.05, 0) is 37.1 Å². The standard InChI is InChI=1S/C16H16FNO2/c1-11-3-2-4-12(9-11)7-8-18-13-5-6-14(16(19)20)15(17)10-13/h2-6,9-10,18H,7-8H2,1H3,(H,19,20). The smallest absolute Gasteiger partial charge is 0.338 e. The fourth-order valence-corrected chi connectivity index (χ4v) is 2.02. The van der Waals surface area contributed by atoms with E-state index in [1.165, 1.54) is 23.3 Å². The van der Waals surface area contributed by atoms with Gasteiger partial charge in [-0.15, -0.1) is 0 Å². The van der Waals surface area contributed by atoms with Crippen molar-refractivity contribution in [2.45, 2.75) is 13.3 Å². The molecule has 0 aliphatic heterocycles. The van der Waals surface area contributed by atoms with Crippen molar-refractivity contribution in [2.75, 3.05) is 11.9 Å². The lowest BCUT2D eigenvalue weighted by atomic mass is 10.1. The van der Waals surface area contributed by atoms with Crippen molar-refractivity contribution in [1.29, 1.82) is 0 Å². The van der Waals surface area contributed by atoms with Gasteiger partial charge < -0.3 is 10.4 Å². The van der Waals surface area contributed by atoms with Crippen LogP contribution in [-0.2, 0) is 6.42 Å². The molecule has 2 aromatic carbocycles. The number of carboxylic acid groups (broad SMARTS) is 1. The minimum Gasteiger partial charge on any atom is -0.478 e. The van der Waals surface area contributed by atoms with Crippen LogP contribution in [-0.4, -0.2) is 17.6 Å². The zero-order valence-electron chi connectivity index (χ0n) is 11.2. The summed E-state index contributed by atoms with van der Waals surface area (Å²) in [7, 11) is 0. The first kappa shape index (κ1) is 14.1. The van der Waals surface area contributed by atoms with E-state index in [9.17, 15) is 9.18 Å². The Balaban J connectivity index is 1.94. The number of hydrogen-bond donors (Lipinski definition) is 2. The number of nitrogens with one attached hydrogen (secondary N) is 1. The summed E-state index contributed by atoms with van der Waals surface area (Å²) in [5, 5.41) is 11.8. The highest BCUT2D eigenvalue weighted by Crippen LogP contribution is 2.15. The van der Waals surface area contributed by atoms with E-state index in [2.05, 4.69) is 11.4 Å². The first-order valence-electron chi connectivity index (χ1n) is 6.38. The van der Waals surface area contributed by atoms with Crippen LogP contribution in [0.5, 0.6) is 0 Å². The fourth-order valence-electron chi connectivity index (χ4n) is 2.02. The van der Waals surface area contributed by atoms with Crippen LogP contribution >= 0.6 is 0 Å². The highest BCUT2D eigenvalue weighted by molar-refractivity contribution is 5.88. The topological polar surface area (TPSA) is 49.3 Å². The molecule has 0 radical (unpaired) electrons. The second kappa shape index (κ2) is 6.19. The highest BCUT2D eigenvalue weighted by Gasteiger charge is 2.09. The quantitative estimate of drug-likeness (QED) is 0.876. The summed E-state index contributed by atoms with van der Waals surface area (Å²) in [6.45, 7) is 2.70. The molecule has 3 nitrogen and oxygen atoms in total. The van der Waals surface area contributed by atoms with Crippen LogP contribution < -0.4 is 5.32 Å². The molecule has 2 N–H and O–H groups in total. The summed E-state index contributed by atoms with van der Waals surface area (Å²) < 4.78 is 13.5. The summed E-state index contributed by atoms with van der Waals surface area (Å²) in [5.74, 6) is -1.98. The molecule has 104 valence electrons. The van der Waals surface area contributed by atoms with Crippen LogP contribution in [0.4, 0.5) is 10.1 Å². The number of anilines is 1. The molecule has 0 saturated heterocycles. The molecular weight excluding hydrogens is 257 g/mol. The summed E-state index contributed by atoms with van der Waals surface area (Å²) in [6, 6.07) is 12.2. The van der Waals surface area contributed by atoms with E-state index in [4.69, 9.17) is 5.11 Å². The van der Waals surface area contributed by atoms with Crippen molar-refractivity contribution < 1.29 is 14.3 Å². The molecule has 0 aliphatic carbocycles. The van der Waals surface area contributed by atoms with Crippen molar-refractivity contribution >= 4 is 11.7 Å². The Hall–Kier alpha value is -2.36.